The van der Waals surface area contributed by atoms with Crippen molar-refractivity contribution in [2.45, 2.75) is 12.8 Å². The van der Waals surface area contributed by atoms with Crippen molar-refractivity contribution in [3.63, 3.8) is 0 Å². The molecule has 7 nitrogen and oxygen atoms in total. The van der Waals surface area contributed by atoms with E-state index in [1.165, 1.54) is 12.1 Å². The molecule has 1 unspecified atom stereocenters. The summed E-state index contributed by atoms with van der Waals surface area (Å²) in [5, 5.41) is 19.9. The lowest BCUT2D eigenvalue weighted by atomic mass is 10.1. The Bertz CT molecular complexity index is 452. The number of aliphatic hydroxyl groups excluding tert-OH is 1. The van der Waals surface area contributed by atoms with Crippen LogP contribution in [0, 0.1) is 16.0 Å². The highest BCUT2D eigenvalue weighted by molar-refractivity contribution is 5.61. The molecule has 3 N–H and O–H groups in total. The number of aliphatic hydroxyl groups is 1. The van der Waals surface area contributed by atoms with Gasteiger partial charge in [-0.1, -0.05) is 0 Å². The summed E-state index contributed by atoms with van der Waals surface area (Å²) in [6, 6.07) is 2.82. The molecule has 0 aromatic carbocycles. The van der Waals surface area contributed by atoms with E-state index in [-0.39, 0.29) is 18.1 Å². The van der Waals surface area contributed by atoms with Crippen LogP contribution in [0.3, 0.4) is 0 Å². The Morgan fingerprint density at radius 2 is 2.39 bits per heavy atom. The molecule has 1 saturated heterocycles. The second-order valence-corrected chi connectivity index (χ2v) is 4.45. The summed E-state index contributed by atoms with van der Waals surface area (Å²) < 4.78 is 0. The predicted octanol–water partition coefficient (Wildman–Crippen LogP) is 0.781. The van der Waals surface area contributed by atoms with Crippen LogP contribution in [0.4, 0.5) is 17.3 Å². The number of aromatic nitrogens is 1. The largest absolute Gasteiger partial charge is 0.396 e. The van der Waals surface area contributed by atoms with E-state index < -0.39 is 4.92 Å². The maximum absolute atomic E-state index is 11.0. The SMILES string of the molecule is Nc1ccc([N+](=O)[O-])c(N2CCC(CCO)C2)n1. The normalized spacial score (nSPS) is 19.2. The molecule has 0 amide bonds. The molecule has 1 aliphatic heterocycles. The van der Waals surface area contributed by atoms with Gasteiger partial charge < -0.3 is 15.7 Å². The highest BCUT2D eigenvalue weighted by atomic mass is 16.6. The lowest BCUT2D eigenvalue weighted by Gasteiger charge is -2.17. The van der Waals surface area contributed by atoms with E-state index in [2.05, 4.69) is 4.98 Å². The molecule has 1 aliphatic rings. The zero-order chi connectivity index (χ0) is 13.1. The first-order valence-electron chi connectivity index (χ1n) is 5.88. The molecular weight excluding hydrogens is 236 g/mol. The van der Waals surface area contributed by atoms with E-state index in [4.69, 9.17) is 10.8 Å². The van der Waals surface area contributed by atoms with Gasteiger partial charge in [0.2, 0.25) is 5.82 Å². The van der Waals surface area contributed by atoms with Gasteiger partial charge in [0.1, 0.15) is 5.82 Å². The van der Waals surface area contributed by atoms with E-state index in [0.717, 1.165) is 6.42 Å². The Morgan fingerprint density at radius 3 is 3.06 bits per heavy atom. The summed E-state index contributed by atoms with van der Waals surface area (Å²) in [5.74, 6) is 0.972. The fraction of sp³-hybridized carbons (Fsp3) is 0.545. The minimum atomic E-state index is -0.443. The molecule has 98 valence electrons. The van der Waals surface area contributed by atoms with E-state index in [9.17, 15) is 10.1 Å². The average molecular weight is 252 g/mol. The first-order valence-corrected chi connectivity index (χ1v) is 5.88. The van der Waals surface area contributed by atoms with Crippen molar-refractivity contribution in [2.75, 3.05) is 30.3 Å². The maximum atomic E-state index is 11.0. The number of nitrogens with two attached hydrogens (primary N) is 1. The number of nitro groups is 1. The molecule has 1 aromatic heterocycles. The second-order valence-electron chi connectivity index (χ2n) is 4.45. The molecule has 18 heavy (non-hydrogen) atoms. The van der Waals surface area contributed by atoms with Gasteiger partial charge in [0.05, 0.1) is 4.92 Å². The van der Waals surface area contributed by atoms with Crippen molar-refractivity contribution < 1.29 is 10.0 Å². The summed E-state index contributed by atoms with van der Waals surface area (Å²) in [7, 11) is 0. The number of hydrogen-bond donors (Lipinski definition) is 2. The Balaban J connectivity index is 2.23. The fourth-order valence-electron chi connectivity index (χ4n) is 2.27. The summed E-state index contributed by atoms with van der Waals surface area (Å²) >= 11 is 0. The van der Waals surface area contributed by atoms with Gasteiger partial charge in [-0.3, -0.25) is 10.1 Å². The molecule has 0 spiro atoms. The van der Waals surface area contributed by atoms with Gasteiger partial charge in [0.25, 0.3) is 0 Å². The highest BCUT2D eigenvalue weighted by Crippen LogP contribution is 2.31. The van der Waals surface area contributed by atoms with Gasteiger partial charge in [-0.15, -0.1) is 0 Å². The van der Waals surface area contributed by atoms with Crippen LogP contribution in [0.25, 0.3) is 0 Å². The second kappa shape index (κ2) is 5.18. The summed E-state index contributed by atoms with van der Waals surface area (Å²) in [6.07, 6.45) is 1.63. The molecule has 2 rings (SSSR count). The Hall–Kier alpha value is -1.89. The maximum Gasteiger partial charge on any atom is 0.311 e. The van der Waals surface area contributed by atoms with Crippen LogP contribution in [-0.2, 0) is 0 Å². The Labute approximate surface area is 104 Å². The summed E-state index contributed by atoms with van der Waals surface area (Å²) in [4.78, 5) is 16.5. The Kier molecular flexibility index (Phi) is 3.61. The molecule has 1 fully saturated rings. The average Bonchev–Trinajstić information content (AvgIpc) is 2.77. The lowest BCUT2D eigenvalue weighted by Crippen LogP contribution is -2.22. The van der Waals surface area contributed by atoms with Crippen molar-refractivity contribution in [2.24, 2.45) is 5.92 Å². The van der Waals surface area contributed by atoms with Crippen LogP contribution in [0.5, 0.6) is 0 Å². The van der Waals surface area contributed by atoms with Gasteiger partial charge in [-0.05, 0) is 24.8 Å². The molecule has 0 bridgehead atoms. The van der Waals surface area contributed by atoms with E-state index in [1.54, 1.807) is 0 Å². The van der Waals surface area contributed by atoms with Gasteiger partial charge in [-0.2, -0.15) is 0 Å². The molecule has 0 aliphatic carbocycles. The van der Waals surface area contributed by atoms with Crippen molar-refractivity contribution in [3.8, 4) is 0 Å². The lowest BCUT2D eigenvalue weighted by molar-refractivity contribution is -0.384. The van der Waals surface area contributed by atoms with Crippen LogP contribution in [0.2, 0.25) is 0 Å². The quantitative estimate of drug-likeness (QED) is 0.606. The molecule has 1 aromatic rings. The number of nitrogen functional groups attached to an aromatic ring is 1. The number of nitrogens with zero attached hydrogens (tertiary/aromatic N) is 3. The minimum absolute atomic E-state index is 0.0196. The first-order chi connectivity index (χ1) is 8.61. The first kappa shape index (κ1) is 12.6. The van der Waals surface area contributed by atoms with Gasteiger partial charge in [0, 0.05) is 25.8 Å². The fourth-order valence-corrected chi connectivity index (χ4v) is 2.27. The zero-order valence-electron chi connectivity index (χ0n) is 9.95. The third-order valence-corrected chi connectivity index (χ3v) is 3.20. The number of pyridine rings is 1. The molecular formula is C11H16N4O3. The molecule has 1 atom stereocenters. The smallest absolute Gasteiger partial charge is 0.311 e. The molecule has 7 heteroatoms. The number of anilines is 2. The van der Waals surface area contributed by atoms with Gasteiger partial charge >= 0.3 is 5.69 Å². The van der Waals surface area contributed by atoms with Crippen LogP contribution >= 0.6 is 0 Å². The summed E-state index contributed by atoms with van der Waals surface area (Å²) in [5.41, 5.74) is 5.57. The Morgan fingerprint density at radius 1 is 1.61 bits per heavy atom. The monoisotopic (exact) mass is 252 g/mol. The van der Waals surface area contributed by atoms with Crippen LogP contribution in [0.1, 0.15) is 12.8 Å². The summed E-state index contributed by atoms with van der Waals surface area (Å²) in [6.45, 7) is 1.53. The van der Waals surface area contributed by atoms with Gasteiger partial charge in [-0.25, -0.2) is 4.98 Å². The van der Waals surface area contributed by atoms with E-state index in [0.29, 0.717) is 31.2 Å². The van der Waals surface area contributed by atoms with Gasteiger partial charge in [0.15, 0.2) is 0 Å². The minimum Gasteiger partial charge on any atom is -0.396 e. The zero-order valence-corrected chi connectivity index (χ0v) is 9.95. The third kappa shape index (κ3) is 2.51. The highest BCUT2D eigenvalue weighted by Gasteiger charge is 2.28. The molecule has 0 radical (unpaired) electrons. The third-order valence-electron chi connectivity index (χ3n) is 3.20. The topological polar surface area (TPSA) is 106 Å². The van der Waals surface area contributed by atoms with Crippen LogP contribution in [-0.4, -0.2) is 34.7 Å². The van der Waals surface area contributed by atoms with Crippen LogP contribution < -0.4 is 10.6 Å². The van der Waals surface area contributed by atoms with Crippen molar-refractivity contribution >= 4 is 17.3 Å². The van der Waals surface area contributed by atoms with Crippen LogP contribution in [0.15, 0.2) is 12.1 Å². The van der Waals surface area contributed by atoms with E-state index in [1.807, 2.05) is 4.90 Å². The standard InChI is InChI=1S/C11H16N4O3/c12-10-2-1-9(15(17)18)11(13-10)14-5-3-8(7-14)4-6-16/h1-2,8,16H,3-7H2,(H2,12,13). The van der Waals surface area contributed by atoms with Crippen molar-refractivity contribution in [3.05, 3.63) is 22.2 Å². The molecule has 2 heterocycles. The van der Waals surface area contributed by atoms with E-state index >= 15 is 0 Å². The number of rotatable bonds is 4. The molecule has 0 saturated carbocycles. The predicted molar refractivity (Wildman–Crippen MR) is 67.3 cm³/mol. The number of hydrogen-bond acceptors (Lipinski definition) is 6. The van der Waals surface area contributed by atoms with Crippen molar-refractivity contribution in [1.82, 2.24) is 4.98 Å². The van der Waals surface area contributed by atoms with Crippen molar-refractivity contribution in [1.29, 1.82) is 0 Å².